The van der Waals surface area contributed by atoms with E-state index in [1.165, 1.54) is 23.9 Å². The Bertz CT molecular complexity index is 1160. The third-order valence-electron chi connectivity index (χ3n) is 4.81. The number of rotatable bonds is 4. The Balaban J connectivity index is 1.58. The van der Waals surface area contributed by atoms with Crippen molar-refractivity contribution in [2.24, 2.45) is 0 Å². The van der Waals surface area contributed by atoms with Gasteiger partial charge in [0.25, 0.3) is 5.91 Å². The fraction of sp³-hybridized carbons (Fsp3) is 0.130. The van der Waals surface area contributed by atoms with Crippen LogP contribution in [0.15, 0.2) is 63.9 Å². The second kappa shape index (κ2) is 8.08. The van der Waals surface area contributed by atoms with Crippen LogP contribution in [0.2, 0.25) is 0 Å². The molecule has 0 spiro atoms. The Labute approximate surface area is 183 Å². The van der Waals surface area contributed by atoms with E-state index in [9.17, 15) is 9.59 Å². The van der Waals surface area contributed by atoms with Crippen LogP contribution < -0.4 is 4.90 Å². The molecule has 0 aliphatic carbocycles. The Morgan fingerprint density at radius 1 is 1.13 bits per heavy atom. The SMILES string of the molecule is Cc1ccc(N2C(=O)/C(=C/c3ccc(-c4ccc(C(=O)O)cc4)o3)SC2S)c(C)c1. The van der Waals surface area contributed by atoms with Crippen LogP contribution in [0, 0.1) is 13.8 Å². The molecule has 152 valence electrons. The molecule has 2 heterocycles. The van der Waals surface area contributed by atoms with Crippen LogP contribution in [0.1, 0.15) is 27.2 Å². The normalized spacial score (nSPS) is 17.7. The summed E-state index contributed by atoms with van der Waals surface area (Å²) in [6.07, 6.45) is 1.72. The third-order valence-corrected chi connectivity index (χ3v) is 6.33. The molecule has 1 atom stereocenters. The van der Waals surface area contributed by atoms with Crippen LogP contribution in [0.25, 0.3) is 17.4 Å². The topological polar surface area (TPSA) is 70.8 Å². The number of anilines is 1. The fourth-order valence-corrected chi connectivity index (χ4v) is 4.82. The van der Waals surface area contributed by atoms with Crippen molar-refractivity contribution in [1.82, 2.24) is 0 Å². The highest BCUT2D eigenvalue weighted by molar-refractivity contribution is 8.14. The summed E-state index contributed by atoms with van der Waals surface area (Å²) in [7, 11) is 0. The minimum atomic E-state index is -0.974. The van der Waals surface area contributed by atoms with Crippen LogP contribution in [-0.4, -0.2) is 21.7 Å². The predicted octanol–water partition coefficient (Wildman–Crippen LogP) is 5.60. The molecule has 2 aromatic carbocycles. The van der Waals surface area contributed by atoms with Gasteiger partial charge in [-0.3, -0.25) is 9.69 Å². The van der Waals surface area contributed by atoms with Crippen molar-refractivity contribution in [3.05, 3.63) is 82.0 Å². The molecule has 0 bridgehead atoms. The molecule has 0 saturated carbocycles. The zero-order valence-electron chi connectivity index (χ0n) is 16.3. The summed E-state index contributed by atoms with van der Waals surface area (Å²) in [6, 6.07) is 16.0. The molecule has 1 aliphatic heterocycles. The van der Waals surface area contributed by atoms with Gasteiger partial charge in [-0.15, -0.1) is 12.6 Å². The van der Waals surface area contributed by atoms with Gasteiger partial charge in [0.1, 0.15) is 16.2 Å². The first kappa shape index (κ1) is 20.4. The maximum atomic E-state index is 13.0. The average molecular weight is 438 g/mol. The van der Waals surface area contributed by atoms with E-state index in [0.29, 0.717) is 16.4 Å². The number of amides is 1. The third kappa shape index (κ3) is 3.91. The zero-order chi connectivity index (χ0) is 21.4. The van der Waals surface area contributed by atoms with Crippen LogP contribution in [0.4, 0.5) is 5.69 Å². The maximum Gasteiger partial charge on any atom is 0.335 e. The number of thioether (sulfide) groups is 1. The molecule has 1 unspecified atom stereocenters. The predicted molar refractivity (Wildman–Crippen MR) is 123 cm³/mol. The first-order valence-corrected chi connectivity index (χ1v) is 10.6. The number of hydrogen-bond donors (Lipinski definition) is 2. The van der Waals surface area contributed by atoms with Crippen molar-refractivity contribution in [3.8, 4) is 11.3 Å². The lowest BCUT2D eigenvalue weighted by atomic mass is 10.1. The molecular formula is C23H19NO4S2. The molecule has 7 heteroatoms. The summed E-state index contributed by atoms with van der Waals surface area (Å²) in [4.78, 5) is 26.3. The lowest BCUT2D eigenvalue weighted by Gasteiger charge is -2.21. The van der Waals surface area contributed by atoms with Crippen molar-refractivity contribution in [1.29, 1.82) is 0 Å². The molecule has 1 N–H and O–H groups in total. The van der Waals surface area contributed by atoms with E-state index in [1.807, 2.05) is 32.0 Å². The molecule has 0 radical (unpaired) electrons. The Morgan fingerprint density at radius 2 is 1.87 bits per heavy atom. The van der Waals surface area contributed by atoms with Crippen molar-refractivity contribution >= 4 is 48.0 Å². The number of thiol groups is 1. The van der Waals surface area contributed by atoms with Gasteiger partial charge in [0, 0.05) is 17.3 Å². The van der Waals surface area contributed by atoms with Gasteiger partial charge >= 0.3 is 5.97 Å². The number of aromatic carboxylic acids is 1. The zero-order valence-corrected chi connectivity index (χ0v) is 18.0. The first-order valence-electron chi connectivity index (χ1n) is 9.24. The first-order chi connectivity index (χ1) is 14.3. The van der Waals surface area contributed by atoms with Crippen LogP contribution in [-0.2, 0) is 4.79 Å². The summed E-state index contributed by atoms with van der Waals surface area (Å²) < 4.78 is 5.55. The monoisotopic (exact) mass is 437 g/mol. The molecule has 30 heavy (non-hydrogen) atoms. The average Bonchev–Trinajstić information content (AvgIpc) is 3.28. The molecule has 1 aromatic heterocycles. The number of nitrogens with zero attached hydrogens (tertiary/aromatic N) is 1. The van der Waals surface area contributed by atoms with Gasteiger partial charge in [-0.1, -0.05) is 41.6 Å². The van der Waals surface area contributed by atoms with Gasteiger partial charge < -0.3 is 9.52 Å². The summed E-state index contributed by atoms with van der Waals surface area (Å²) in [5, 5.41) is 9.01. The van der Waals surface area contributed by atoms with E-state index >= 15 is 0 Å². The smallest absolute Gasteiger partial charge is 0.335 e. The molecule has 1 aliphatic rings. The second-order valence-corrected chi connectivity index (χ2v) is 8.96. The molecule has 1 saturated heterocycles. The van der Waals surface area contributed by atoms with E-state index in [1.54, 1.807) is 35.2 Å². The second-order valence-electron chi connectivity index (χ2n) is 7.00. The summed E-state index contributed by atoms with van der Waals surface area (Å²) in [5.74, 6) is 0.0580. The molecule has 5 nitrogen and oxygen atoms in total. The Kier molecular flexibility index (Phi) is 5.49. The quantitative estimate of drug-likeness (QED) is 0.411. The number of carboxylic acid groups (broad SMARTS) is 1. The van der Waals surface area contributed by atoms with E-state index < -0.39 is 5.97 Å². The maximum absolute atomic E-state index is 13.0. The number of carboxylic acids is 1. The molecule has 4 rings (SSSR count). The van der Waals surface area contributed by atoms with Crippen molar-refractivity contribution < 1.29 is 19.1 Å². The summed E-state index contributed by atoms with van der Waals surface area (Å²) in [5.41, 5.74) is 3.99. The van der Waals surface area contributed by atoms with E-state index in [4.69, 9.17) is 9.52 Å². The van der Waals surface area contributed by atoms with Gasteiger partial charge in [-0.05, 0) is 49.7 Å². The van der Waals surface area contributed by atoms with Crippen LogP contribution in [0.3, 0.4) is 0 Å². The van der Waals surface area contributed by atoms with E-state index in [-0.39, 0.29) is 16.2 Å². The molecule has 1 fully saturated rings. The van der Waals surface area contributed by atoms with Crippen molar-refractivity contribution in [2.45, 2.75) is 18.6 Å². The van der Waals surface area contributed by atoms with Gasteiger partial charge in [0.2, 0.25) is 0 Å². The number of aryl methyl sites for hydroxylation is 2. The molecular weight excluding hydrogens is 418 g/mol. The van der Waals surface area contributed by atoms with Crippen molar-refractivity contribution in [3.63, 3.8) is 0 Å². The van der Waals surface area contributed by atoms with E-state index in [0.717, 1.165) is 22.4 Å². The van der Waals surface area contributed by atoms with Crippen molar-refractivity contribution in [2.75, 3.05) is 4.90 Å². The highest BCUT2D eigenvalue weighted by Gasteiger charge is 2.36. The number of carbonyl (C=O) groups excluding carboxylic acids is 1. The number of furan rings is 1. The molecule has 1 amide bonds. The lowest BCUT2D eigenvalue weighted by Crippen LogP contribution is -2.29. The Morgan fingerprint density at radius 3 is 2.53 bits per heavy atom. The summed E-state index contributed by atoms with van der Waals surface area (Å²) >= 11 is 5.97. The number of hydrogen-bond acceptors (Lipinski definition) is 5. The van der Waals surface area contributed by atoms with Gasteiger partial charge in [0.15, 0.2) is 0 Å². The highest BCUT2D eigenvalue weighted by atomic mass is 32.2. The van der Waals surface area contributed by atoms with Gasteiger partial charge in [0.05, 0.1) is 10.5 Å². The number of benzene rings is 2. The Hall–Kier alpha value is -2.90. The van der Waals surface area contributed by atoms with Gasteiger partial charge in [-0.2, -0.15) is 0 Å². The van der Waals surface area contributed by atoms with E-state index in [2.05, 4.69) is 12.6 Å². The number of carbonyl (C=O) groups is 2. The van der Waals surface area contributed by atoms with Gasteiger partial charge in [-0.25, -0.2) is 4.79 Å². The summed E-state index contributed by atoms with van der Waals surface area (Å²) in [6.45, 7) is 4.00. The standard InChI is InChI=1S/C23H19NO4S2/c1-13-3-9-18(14(2)11-13)24-21(25)20(30-23(24)29)12-17-8-10-19(28-17)15-4-6-16(7-5-15)22(26)27/h3-12,23,29H,1-2H3,(H,26,27)/b20-12-. The highest BCUT2D eigenvalue weighted by Crippen LogP contribution is 2.42. The fourth-order valence-electron chi connectivity index (χ4n) is 3.33. The largest absolute Gasteiger partial charge is 0.478 e. The molecule has 3 aromatic rings. The minimum absolute atomic E-state index is 0.115. The lowest BCUT2D eigenvalue weighted by molar-refractivity contribution is -0.114. The minimum Gasteiger partial charge on any atom is -0.478 e. The van der Waals surface area contributed by atoms with Crippen LogP contribution in [0.5, 0.6) is 0 Å². The van der Waals surface area contributed by atoms with Crippen LogP contribution >= 0.6 is 24.4 Å².